The molecule has 2 aliphatic heterocycles. The molecule has 1 unspecified atom stereocenters. The molecule has 1 amide bonds. The minimum absolute atomic E-state index is 0.0865. The summed E-state index contributed by atoms with van der Waals surface area (Å²) in [7, 11) is 0. The summed E-state index contributed by atoms with van der Waals surface area (Å²) in [5.74, 6) is 2.06. The normalized spacial score (nSPS) is 32.9. The van der Waals surface area contributed by atoms with Crippen molar-refractivity contribution in [1.29, 1.82) is 0 Å². The van der Waals surface area contributed by atoms with E-state index in [9.17, 15) is 9.90 Å². The number of nitrogens with zero attached hydrogens (tertiary/aromatic N) is 1. The van der Waals surface area contributed by atoms with E-state index >= 15 is 0 Å². The maximum Gasteiger partial charge on any atom is 0.225 e. The van der Waals surface area contributed by atoms with E-state index in [2.05, 4.69) is 18.2 Å². The predicted molar refractivity (Wildman–Crippen MR) is 90.0 cm³/mol. The number of carbonyl (C=O) groups is 1. The lowest BCUT2D eigenvalue weighted by atomic mass is 9.74. The second-order valence-corrected chi connectivity index (χ2v) is 8.42. The van der Waals surface area contributed by atoms with Gasteiger partial charge < -0.3 is 14.7 Å². The lowest BCUT2D eigenvalue weighted by Gasteiger charge is -2.50. The highest BCUT2D eigenvalue weighted by molar-refractivity contribution is 5.80. The highest BCUT2D eigenvalue weighted by Crippen LogP contribution is 2.52. The Hall–Kier alpha value is -1.55. The van der Waals surface area contributed by atoms with Crippen LogP contribution in [0.3, 0.4) is 0 Å². The van der Waals surface area contributed by atoms with Crippen molar-refractivity contribution in [3.63, 3.8) is 0 Å². The van der Waals surface area contributed by atoms with Gasteiger partial charge in [-0.2, -0.15) is 0 Å². The number of amides is 1. The average molecular weight is 327 g/mol. The van der Waals surface area contributed by atoms with Gasteiger partial charge in [-0.1, -0.05) is 12.1 Å². The molecule has 0 bridgehead atoms. The van der Waals surface area contributed by atoms with Crippen molar-refractivity contribution in [1.82, 2.24) is 4.90 Å². The summed E-state index contributed by atoms with van der Waals surface area (Å²) >= 11 is 0. The van der Waals surface area contributed by atoms with Gasteiger partial charge in [-0.25, -0.2) is 0 Å². The van der Waals surface area contributed by atoms with E-state index in [4.69, 9.17) is 4.74 Å². The molecule has 128 valence electrons. The number of aliphatic hydroxyl groups excluding tert-OH is 1. The third kappa shape index (κ3) is 2.26. The third-order valence-corrected chi connectivity index (χ3v) is 6.72. The number of rotatable bonds is 2. The van der Waals surface area contributed by atoms with Crippen LogP contribution in [-0.4, -0.2) is 41.7 Å². The number of benzene rings is 1. The molecule has 1 saturated heterocycles. The van der Waals surface area contributed by atoms with Crippen molar-refractivity contribution in [2.75, 3.05) is 19.7 Å². The zero-order valence-corrected chi connectivity index (χ0v) is 14.0. The fourth-order valence-electron chi connectivity index (χ4n) is 5.18. The van der Waals surface area contributed by atoms with Gasteiger partial charge in [-0.15, -0.1) is 0 Å². The zero-order chi connectivity index (χ0) is 16.3. The van der Waals surface area contributed by atoms with Crippen molar-refractivity contribution in [2.24, 2.45) is 11.3 Å². The molecule has 24 heavy (non-hydrogen) atoms. The van der Waals surface area contributed by atoms with E-state index in [0.717, 1.165) is 31.9 Å². The van der Waals surface area contributed by atoms with Crippen LogP contribution in [0.4, 0.5) is 0 Å². The van der Waals surface area contributed by atoms with Crippen molar-refractivity contribution >= 4 is 5.91 Å². The van der Waals surface area contributed by atoms with Crippen LogP contribution in [0.1, 0.15) is 49.1 Å². The van der Waals surface area contributed by atoms with Gasteiger partial charge in [-0.05, 0) is 55.2 Å². The van der Waals surface area contributed by atoms with Crippen molar-refractivity contribution in [3.05, 3.63) is 29.3 Å². The molecule has 4 nitrogen and oxygen atoms in total. The van der Waals surface area contributed by atoms with Gasteiger partial charge in [0.25, 0.3) is 0 Å². The van der Waals surface area contributed by atoms with Gasteiger partial charge >= 0.3 is 0 Å². The number of carbonyl (C=O) groups excluding carboxylic acids is 1. The number of likely N-dealkylation sites (tertiary alicyclic amines) is 1. The van der Waals surface area contributed by atoms with E-state index in [-0.39, 0.29) is 17.9 Å². The summed E-state index contributed by atoms with van der Waals surface area (Å²) < 4.78 is 5.72. The van der Waals surface area contributed by atoms with Gasteiger partial charge in [0, 0.05) is 30.8 Å². The fraction of sp³-hybridized carbons (Fsp3) is 0.650. The van der Waals surface area contributed by atoms with Gasteiger partial charge in [0.15, 0.2) is 0 Å². The molecule has 2 aliphatic carbocycles. The van der Waals surface area contributed by atoms with Crippen molar-refractivity contribution < 1.29 is 14.6 Å². The molecule has 1 aromatic rings. The summed E-state index contributed by atoms with van der Waals surface area (Å²) in [4.78, 5) is 14.4. The third-order valence-electron chi connectivity index (χ3n) is 6.72. The van der Waals surface area contributed by atoms with E-state index in [1.54, 1.807) is 0 Å². The van der Waals surface area contributed by atoms with Crippen LogP contribution in [-0.2, 0) is 11.2 Å². The fourth-order valence-corrected chi connectivity index (χ4v) is 5.18. The summed E-state index contributed by atoms with van der Waals surface area (Å²) in [5, 5.41) is 9.39. The summed E-state index contributed by atoms with van der Waals surface area (Å²) in [6.45, 7) is 2.67. The van der Waals surface area contributed by atoms with Gasteiger partial charge in [-0.3, -0.25) is 4.79 Å². The molecule has 2 heterocycles. The van der Waals surface area contributed by atoms with Gasteiger partial charge in [0.2, 0.25) is 5.91 Å². The molecule has 1 atom stereocenters. The Balaban J connectivity index is 1.22. The predicted octanol–water partition coefficient (Wildman–Crippen LogP) is 2.49. The summed E-state index contributed by atoms with van der Waals surface area (Å²) in [6, 6.07) is 6.78. The Morgan fingerprint density at radius 1 is 1.29 bits per heavy atom. The zero-order valence-electron chi connectivity index (χ0n) is 14.0. The first kappa shape index (κ1) is 14.8. The molecular formula is C20H25NO3. The van der Waals surface area contributed by atoms with Gasteiger partial charge in [0.1, 0.15) is 5.75 Å². The van der Waals surface area contributed by atoms with E-state index in [0.29, 0.717) is 24.2 Å². The Kier molecular flexibility index (Phi) is 3.21. The molecular weight excluding hydrogens is 302 g/mol. The minimum atomic E-state index is -0.243. The van der Waals surface area contributed by atoms with Crippen LogP contribution < -0.4 is 4.74 Å². The molecule has 1 N–H and O–H groups in total. The Labute approximate surface area is 142 Å². The molecule has 0 aromatic heterocycles. The second kappa shape index (κ2) is 5.22. The standard InChI is InChI=1S/C20H25NO3/c22-17-7-16(8-17)19(23)21-11-20(12-21)5-3-15(10-20)14-2-1-13-4-6-24-18(13)9-14/h1-2,9,15-17,22H,3-8,10-12H2/t15?,16-,17+. The number of aliphatic hydroxyl groups is 1. The van der Waals surface area contributed by atoms with Crippen LogP contribution in [0.15, 0.2) is 18.2 Å². The molecule has 1 spiro atoms. The van der Waals surface area contributed by atoms with Crippen LogP contribution >= 0.6 is 0 Å². The summed E-state index contributed by atoms with van der Waals surface area (Å²) in [6.07, 6.45) is 5.78. The van der Waals surface area contributed by atoms with Crippen molar-refractivity contribution in [3.8, 4) is 5.75 Å². The SMILES string of the molecule is O=C([C@H]1C[C@@H](O)C1)N1CC2(CCC(c3ccc4c(c3)OCC4)C2)C1. The highest BCUT2D eigenvalue weighted by Gasteiger charge is 2.51. The molecule has 1 aromatic carbocycles. The first-order chi connectivity index (χ1) is 11.6. The van der Waals surface area contributed by atoms with Crippen molar-refractivity contribution in [2.45, 2.75) is 50.5 Å². The van der Waals surface area contributed by atoms with E-state index in [1.807, 2.05) is 4.90 Å². The smallest absolute Gasteiger partial charge is 0.225 e. The molecule has 4 heteroatoms. The quantitative estimate of drug-likeness (QED) is 0.908. The van der Waals surface area contributed by atoms with Crippen LogP contribution in [0, 0.1) is 11.3 Å². The molecule has 4 aliphatic rings. The first-order valence-electron chi connectivity index (χ1n) is 9.34. The van der Waals surface area contributed by atoms with E-state index < -0.39 is 0 Å². The minimum Gasteiger partial charge on any atom is -0.493 e. The highest BCUT2D eigenvalue weighted by atomic mass is 16.5. The topological polar surface area (TPSA) is 49.8 Å². The monoisotopic (exact) mass is 327 g/mol. The lowest BCUT2D eigenvalue weighted by Crippen LogP contribution is -2.60. The van der Waals surface area contributed by atoms with E-state index in [1.165, 1.54) is 30.4 Å². The number of ether oxygens (including phenoxy) is 1. The summed E-state index contributed by atoms with van der Waals surface area (Å²) in [5.41, 5.74) is 3.11. The van der Waals surface area contributed by atoms with Crippen LogP contribution in [0.2, 0.25) is 0 Å². The molecule has 3 fully saturated rings. The van der Waals surface area contributed by atoms with Crippen LogP contribution in [0.25, 0.3) is 0 Å². The number of fused-ring (bicyclic) bond motifs is 1. The maximum absolute atomic E-state index is 12.4. The molecule has 2 saturated carbocycles. The average Bonchev–Trinajstić information content (AvgIpc) is 3.15. The largest absolute Gasteiger partial charge is 0.493 e. The Morgan fingerprint density at radius 3 is 2.92 bits per heavy atom. The number of hydrogen-bond donors (Lipinski definition) is 1. The first-order valence-corrected chi connectivity index (χ1v) is 9.34. The number of hydrogen-bond acceptors (Lipinski definition) is 3. The molecule has 0 radical (unpaired) electrons. The van der Waals surface area contributed by atoms with Gasteiger partial charge in [0.05, 0.1) is 12.7 Å². The Morgan fingerprint density at radius 2 is 2.12 bits per heavy atom. The maximum atomic E-state index is 12.4. The molecule has 5 rings (SSSR count). The Bertz CT molecular complexity index is 673. The lowest BCUT2D eigenvalue weighted by molar-refractivity contribution is -0.154. The van der Waals surface area contributed by atoms with Crippen LogP contribution in [0.5, 0.6) is 5.75 Å². The second-order valence-electron chi connectivity index (χ2n) is 8.42.